The maximum Gasteiger partial charge on any atom is 0.252 e. The first-order chi connectivity index (χ1) is 12.0. The van der Waals surface area contributed by atoms with E-state index in [2.05, 4.69) is 15.3 Å². The summed E-state index contributed by atoms with van der Waals surface area (Å²) in [4.78, 5) is 21.8. The van der Waals surface area contributed by atoms with E-state index in [1.165, 1.54) is 0 Å². The molecule has 2 N–H and O–H groups in total. The lowest BCUT2D eigenvalue weighted by molar-refractivity contribution is 0.0954. The number of hydrogen-bond acceptors (Lipinski definition) is 3. The zero-order valence-corrected chi connectivity index (χ0v) is 15.1. The van der Waals surface area contributed by atoms with Crippen LogP contribution in [0.2, 0.25) is 5.02 Å². The van der Waals surface area contributed by atoms with Crippen molar-refractivity contribution in [2.24, 2.45) is 0 Å². The van der Waals surface area contributed by atoms with E-state index in [9.17, 15) is 4.79 Å². The van der Waals surface area contributed by atoms with Crippen LogP contribution < -0.4 is 5.32 Å². The molecule has 1 amide bonds. The summed E-state index contributed by atoms with van der Waals surface area (Å²) in [5.74, 6) is -0.105. The number of halogens is 1. The topological polar surface area (TPSA) is 61.0 Å². The minimum atomic E-state index is -0.105. The molecule has 0 fully saturated rings. The number of aromatic nitrogens is 2. The van der Waals surface area contributed by atoms with Gasteiger partial charge in [-0.05, 0) is 50.3 Å². The smallest absolute Gasteiger partial charge is 0.252 e. The van der Waals surface area contributed by atoms with Crippen molar-refractivity contribution in [2.75, 3.05) is 20.6 Å². The van der Waals surface area contributed by atoms with Gasteiger partial charge in [0.2, 0.25) is 0 Å². The summed E-state index contributed by atoms with van der Waals surface area (Å²) in [7, 11) is 3.97. The minimum Gasteiger partial charge on any atom is -0.361 e. The fraction of sp³-hybridized carbons (Fsp3) is 0.263. The predicted octanol–water partition coefficient (Wildman–Crippen LogP) is 3.25. The second kappa shape index (κ2) is 7.68. The number of carbonyl (C=O) groups is 1. The first kappa shape index (κ1) is 17.5. The van der Waals surface area contributed by atoms with E-state index in [1.807, 2.05) is 55.5 Å². The summed E-state index contributed by atoms with van der Waals surface area (Å²) in [6.07, 6.45) is 4.34. The van der Waals surface area contributed by atoms with Crippen LogP contribution in [-0.4, -0.2) is 41.4 Å². The van der Waals surface area contributed by atoms with Gasteiger partial charge in [-0.2, -0.15) is 0 Å². The third-order valence-electron chi connectivity index (χ3n) is 3.97. The van der Waals surface area contributed by atoms with Crippen LogP contribution in [0.5, 0.6) is 0 Å². The Morgan fingerprint density at radius 1 is 1.28 bits per heavy atom. The molecule has 0 aliphatic carbocycles. The number of hydrogen-bond donors (Lipinski definition) is 2. The van der Waals surface area contributed by atoms with Crippen LogP contribution in [0.3, 0.4) is 0 Å². The third kappa shape index (κ3) is 4.38. The highest BCUT2D eigenvalue weighted by molar-refractivity contribution is 6.31. The quantitative estimate of drug-likeness (QED) is 0.712. The molecule has 0 bridgehead atoms. The number of H-pyrrole nitrogens is 1. The predicted molar refractivity (Wildman–Crippen MR) is 101 cm³/mol. The molecule has 0 atom stereocenters. The summed E-state index contributed by atoms with van der Waals surface area (Å²) < 4.78 is 0. The van der Waals surface area contributed by atoms with E-state index in [0.29, 0.717) is 17.1 Å². The standard InChI is InChI=1S/C19H21ClN4O/c1-24(2)12-16-5-3-14(11-22-16)19(25)21-8-7-13-10-23-18-9-15(20)4-6-17(13)18/h3-6,9-11,23H,7-8,12H2,1-2H3,(H,21,25). The fourth-order valence-electron chi connectivity index (χ4n) is 2.75. The number of fused-ring (bicyclic) bond motifs is 1. The lowest BCUT2D eigenvalue weighted by atomic mass is 10.1. The molecule has 2 heterocycles. The van der Waals surface area contributed by atoms with Crippen LogP contribution in [0.1, 0.15) is 21.6 Å². The molecule has 130 valence electrons. The van der Waals surface area contributed by atoms with Crippen molar-refractivity contribution in [3.63, 3.8) is 0 Å². The lowest BCUT2D eigenvalue weighted by Gasteiger charge is -2.09. The summed E-state index contributed by atoms with van der Waals surface area (Å²) in [6, 6.07) is 9.48. The zero-order valence-electron chi connectivity index (χ0n) is 14.3. The Labute approximate surface area is 152 Å². The Balaban J connectivity index is 1.56. The molecule has 0 aliphatic rings. The van der Waals surface area contributed by atoms with Gasteiger partial charge in [0.1, 0.15) is 0 Å². The summed E-state index contributed by atoms with van der Waals surface area (Å²) >= 11 is 5.99. The van der Waals surface area contributed by atoms with E-state index in [4.69, 9.17) is 11.6 Å². The van der Waals surface area contributed by atoms with Crippen molar-refractivity contribution in [1.29, 1.82) is 0 Å². The number of nitrogens with zero attached hydrogens (tertiary/aromatic N) is 2. The summed E-state index contributed by atoms with van der Waals surface area (Å²) in [5.41, 5.74) is 3.69. The number of amides is 1. The van der Waals surface area contributed by atoms with Crippen molar-refractivity contribution < 1.29 is 4.79 Å². The maximum absolute atomic E-state index is 12.2. The maximum atomic E-state index is 12.2. The largest absolute Gasteiger partial charge is 0.361 e. The number of carbonyl (C=O) groups excluding carboxylic acids is 1. The van der Waals surface area contributed by atoms with Gasteiger partial charge in [-0.25, -0.2) is 0 Å². The monoisotopic (exact) mass is 356 g/mol. The Morgan fingerprint density at radius 3 is 2.84 bits per heavy atom. The molecule has 1 aromatic carbocycles. The van der Waals surface area contributed by atoms with Gasteiger partial charge in [0.25, 0.3) is 5.91 Å². The molecule has 2 aromatic heterocycles. The van der Waals surface area contributed by atoms with E-state index in [-0.39, 0.29) is 5.91 Å². The molecule has 6 heteroatoms. The van der Waals surface area contributed by atoms with E-state index < -0.39 is 0 Å². The Hall–Kier alpha value is -2.37. The van der Waals surface area contributed by atoms with Crippen molar-refractivity contribution in [3.8, 4) is 0 Å². The molecular formula is C19H21ClN4O. The first-order valence-electron chi connectivity index (χ1n) is 8.16. The zero-order chi connectivity index (χ0) is 17.8. The Kier molecular flexibility index (Phi) is 5.36. The van der Waals surface area contributed by atoms with E-state index in [1.54, 1.807) is 6.20 Å². The average Bonchev–Trinajstić information content (AvgIpc) is 2.97. The fourth-order valence-corrected chi connectivity index (χ4v) is 2.93. The molecule has 0 radical (unpaired) electrons. The molecule has 3 rings (SSSR count). The highest BCUT2D eigenvalue weighted by Crippen LogP contribution is 2.22. The average molecular weight is 357 g/mol. The first-order valence-corrected chi connectivity index (χ1v) is 8.54. The highest BCUT2D eigenvalue weighted by atomic mass is 35.5. The molecule has 0 saturated carbocycles. The lowest BCUT2D eigenvalue weighted by Crippen LogP contribution is -2.25. The molecule has 0 unspecified atom stereocenters. The summed E-state index contributed by atoms with van der Waals surface area (Å²) in [6.45, 7) is 1.32. The second-order valence-corrected chi connectivity index (χ2v) is 6.72. The molecule has 25 heavy (non-hydrogen) atoms. The van der Waals surface area contributed by atoms with Crippen molar-refractivity contribution in [1.82, 2.24) is 20.2 Å². The van der Waals surface area contributed by atoms with Gasteiger partial charge >= 0.3 is 0 Å². The van der Waals surface area contributed by atoms with Crippen molar-refractivity contribution >= 4 is 28.4 Å². The number of pyridine rings is 1. The molecular weight excluding hydrogens is 336 g/mol. The van der Waals surface area contributed by atoms with E-state index >= 15 is 0 Å². The normalized spacial score (nSPS) is 11.2. The highest BCUT2D eigenvalue weighted by Gasteiger charge is 2.08. The Morgan fingerprint density at radius 2 is 2.12 bits per heavy atom. The van der Waals surface area contributed by atoms with Gasteiger partial charge in [-0.15, -0.1) is 0 Å². The van der Waals surface area contributed by atoms with Crippen molar-refractivity contribution in [2.45, 2.75) is 13.0 Å². The van der Waals surface area contributed by atoms with Gasteiger partial charge in [0, 0.05) is 41.4 Å². The van der Waals surface area contributed by atoms with Crippen LogP contribution in [0.25, 0.3) is 10.9 Å². The minimum absolute atomic E-state index is 0.105. The van der Waals surface area contributed by atoms with Crippen molar-refractivity contribution in [3.05, 3.63) is 64.6 Å². The second-order valence-electron chi connectivity index (χ2n) is 6.29. The van der Waals surface area contributed by atoms with Crippen LogP contribution in [-0.2, 0) is 13.0 Å². The van der Waals surface area contributed by atoms with Gasteiger partial charge in [-0.1, -0.05) is 17.7 Å². The van der Waals surface area contributed by atoms with Gasteiger partial charge in [0.05, 0.1) is 11.3 Å². The number of rotatable bonds is 6. The van der Waals surface area contributed by atoms with Crippen LogP contribution in [0, 0.1) is 0 Å². The molecule has 0 spiro atoms. The number of nitrogens with one attached hydrogen (secondary N) is 2. The number of aromatic amines is 1. The third-order valence-corrected chi connectivity index (χ3v) is 4.21. The Bertz CT molecular complexity index is 871. The summed E-state index contributed by atoms with van der Waals surface area (Å²) in [5, 5.41) is 4.78. The van der Waals surface area contributed by atoms with Crippen LogP contribution >= 0.6 is 11.6 Å². The van der Waals surface area contributed by atoms with Gasteiger partial charge in [0.15, 0.2) is 0 Å². The number of benzene rings is 1. The van der Waals surface area contributed by atoms with Gasteiger partial charge in [-0.3, -0.25) is 9.78 Å². The van der Waals surface area contributed by atoms with Crippen LogP contribution in [0.4, 0.5) is 0 Å². The molecule has 3 aromatic rings. The van der Waals surface area contributed by atoms with Gasteiger partial charge < -0.3 is 15.2 Å². The van der Waals surface area contributed by atoms with E-state index in [0.717, 1.165) is 35.1 Å². The molecule has 5 nitrogen and oxygen atoms in total. The molecule has 0 aliphatic heterocycles. The molecule has 0 saturated heterocycles. The SMILES string of the molecule is CN(C)Cc1ccc(C(=O)NCCc2c[nH]c3cc(Cl)ccc23)cn1. The van der Waals surface area contributed by atoms with Crippen LogP contribution in [0.15, 0.2) is 42.7 Å².